The van der Waals surface area contributed by atoms with Crippen molar-refractivity contribution in [2.75, 3.05) is 5.32 Å². The van der Waals surface area contributed by atoms with Crippen molar-refractivity contribution < 1.29 is 4.39 Å². The highest BCUT2D eigenvalue weighted by Gasteiger charge is 2.25. The molecule has 1 aromatic carbocycles. The molecule has 114 valence electrons. The van der Waals surface area contributed by atoms with Crippen molar-refractivity contribution in [1.82, 2.24) is 19.7 Å². The van der Waals surface area contributed by atoms with E-state index in [1.54, 1.807) is 29.2 Å². The standard InChI is InChI=1S/C15H12FN7/c16-11-3-1-10(2-4-11)13-20-14(17)21-15-19-12(22-23(13)15)9-5-7-18-8-6-9/h1-8,13H,(H3,17,19,20,21,22). The summed E-state index contributed by atoms with van der Waals surface area (Å²) >= 11 is 0. The zero-order chi connectivity index (χ0) is 15.8. The Balaban J connectivity index is 1.79. The van der Waals surface area contributed by atoms with E-state index >= 15 is 0 Å². The molecule has 8 heteroatoms. The molecule has 2 aromatic heterocycles. The normalized spacial score (nSPS) is 16.4. The highest BCUT2D eigenvalue weighted by molar-refractivity contribution is 5.92. The Hall–Kier alpha value is -3.29. The number of rotatable bonds is 2. The minimum atomic E-state index is -0.491. The molecule has 0 bridgehead atoms. The van der Waals surface area contributed by atoms with Gasteiger partial charge in [0.25, 0.3) is 0 Å². The predicted molar refractivity (Wildman–Crippen MR) is 83.0 cm³/mol. The number of nitrogens with zero attached hydrogens (tertiary/aromatic N) is 5. The molecular weight excluding hydrogens is 297 g/mol. The van der Waals surface area contributed by atoms with Crippen molar-refractivity contribution in [2.24, 2.45) is 10.7 Å². The van der Waals surface area contributed by atoms with Crippen LogP contribution in [-0.2, 0) is 0 Å². The van der Waals surface area contributed by atoms with Crippen LogP contribution in [-0.4, -0.2) is 25.7 Å². The van der Waals surface area contributed by atoms with Crippen LogP contribution in [0.2, 0.25) is 0 Å². The van der Waals surface area contributed by atoms with Gasteiger partial charge in [0.2, 0.25) is 5.95 Å². The topological polar surface area (TPSA) is 94.0 Å². The molecule has 1 aliphatic heterocycles. The second kappa shape index (κ2) is 5.16. The largest absolute Gasteiger partial charge is 0.370 e. The number of pyridine rings is 1. The first-order valence-electron chi connectivity index (χ1n) is 6.93. The van der Waals surface area contributed by atoms with Crippen LogP contribution >= 0.6 is 0 Å². The molecule has 1 aliphatic rings. The van der Waals surface area contributed by atoms with E-state index in [0.717, 1.165) is 11.1 Å². The second-order valence-corrected chi connectivity index (χ2v) is 5.00. The molecule has 3 N–H and O–H groups in total. The number of hydrogen-bond acceptors (Lipinski definition) is 6. The average Bonchev–Trinajstić information content (AvgIpc) is 2.99. The van der Waals surface area contributed by atoms with Crippen LogP contribution in [0.1, 0.15) is 11.7 Å². The fraction of sp³-hybridized carbons (Fsp3) is 0.0667. The number of guanidine groups is 1. The molecule has 1 atom stereocenters. The van der Waals surface area contributed by atoms with Gasteiger partial charge in [-0.25, -0.2) is 14.1 Å². The first kappa shape index (κ1) is 13.4. The molecule has 0 radical (unpaired) electrons. The number of nitrogens with one attached hydrogen (secondary N) is 1. The molecule has 0 spiro atoms. The Bertz CT molecular complexity index is 871. The van der Waals surface area contributed by atoms with Crippen molar-refractivity contribution in [3.8, 4) is 11.4 Å². The summed E-state index contributed by atoms with van der Waals surface area (Å²) in [4.78, 5) is 12.8. The van der Waals surface area contributed by atoms with Crippen molar-refractivity contribution in [3.05, 3.63) is 60.2 Å². The Morgan fingerprint density at radius 3 is 2.57 bits per heavy atom. The molecule has 0 saturated heterocycles. The van der Waals surface area contributed by atoms with Crippen LogP contribution in [0.25, 0.3) is 11.4 Å². The molecule has 1 unspecified atom stereocenters. The van der Waals surface area contributed by atoms with Crippen molar-refractivity contribution in [1.29, 1.82) is 0 Å². The second-order valence-electron chi connectivity index (χ2n) is 5.00. The number of aromatic nitrogens is 4. The lowest BCUT2D eigenvalue weighted by Gasteiger charge is -2.21. The summed E-state index contributed by atoms with van der Waals surface area (Å²) in [6, 6.07) is 9.70. The number of benzene rings is 1. The highest BCUT2D eigenvalue weighted by Crippen LogP contribution is 2.28. The third kappa shape index (κ3) is 2.39. The van der Waals surface area contributed by atoms with Gasteiger partial charge >= 0.3 is 0 Å². The minimum absolute atomic E-state index is 0.237. The van der Waals surface area contributed by atoms with Gasteiger partial charge in [-0.05, 0) is 29.8 Å². The summed E-state index contributed by atoms with van der Waals surface area (Å²) in [6.07, 6.45) is 2.85. The molecule has 7 nitrogen and oxygen atoms in total. The van der Waals surface area contributed by atoms with Crippen LogP contribution < -0.4 is 11.1 Å². The highest BCUT2D eigenvalue weighted by atomic mass is 19.1. The maximum Gasteiger partial charge on any atom is 0.230 e. The number of aliphatic imine (C=N–C) groups is 1. The summed E-state index contributed by atoms with van der Waals surface area (Å²) in [5.74, 6) is 0.946. The molecule has 0 saturated carbocycles. The van der Waals surface area contributed by atoms with Gasteiger partial charge in [0, 0.05) is 18.0 Å². The van der Waals surface area contributed by atoms with Crippen LogP contribution in [0, 0.1) is 5.82 Å². The SMILES string of the molecule is NC1=NC(c2ccc(F)cc2)n2nc(-c3ccncc3)nc2N1. The lowest BCUT2D eigenvalue weighted by molar-refractivity contribution is 0.540. The number of halogens is 1. The maximum absolute atomic E-state index is 13.1. The zero-order valence-electron chi connectivity index (χ0n) is 11.9. The number of fused-ring (bicyclic) bond motifs is 1. The van der Waals surface area contributed by atoms with Crippen LogP contribution in [0.15, 0.2) is 53.8 Å². The summed E-state index contributed by atoms with van der Waals surface area (Å²) in [5.41, 5.74) is 7.43. The molecule has 0 fully saturated rings. The molecule has 0 aliphatic carbocycles. The smallest absolute Gasteiger partial charge is 0.230 e. The van der Waals surface area contributed by atoms with Gasteiger partial charge in [0.05, 0.1) is 0 Å². The van der Waals surface area contributed by atoms with Gasteiger partial charge in [-0.2, -0.15) is 4.98 Å². The fourth-order valence-electron chi connectivity index (χ4n) is 2.39. The van der Waals surface area contributed by atoms with Crippen LogP contribution in [0.4, 0.5) is 10.3 Å². The van der Waals surface area contributed by atoms with E-state index in [-0.39, 0.29) is 11.8 Å². The first-order valence-corrected chi connectivity index (χ1v) is 6.93. The summed E-state index contributed by atoms with van der Waals surface area (Å²) in [5, 5.41) is 7.38. The lowest BCUT2D eigenvalue weighted by Crippen LogP contribution is -2.32. The first-order chi connectivity index (χ1) is 11.2. The third-order valence-corrected chi connectivity index (χ3v) is 3.47. The van der Waals surface area contributed by atoms with Gasteiger partial charge in [-0.15, -0.1) is 5.10 Å². The Morgan fingerprint density at radius 1 is 1.09 bits per heavy atom. The summed E-state index contributed by atoms with van der Waals surface area (Å²) < 4.78 is 14.8. The molecule has 0 amide bonds. The summed E-state index contributed by atoms with van der Waals surface area (Å²) in [7, 11) is 0. The lowest BCUT2D eigenvalue weighted by atomic mass is 10.1. The Morgan fingerprint density at radius 2 is 1.83 bits per heavy atom. The van der Waals surface area contributed by atoms with Crippen molar-refractivity contribution in [2.45, 2.75) is 6.17 Å². The van der Waals surface area contributed by atoms with Gasteiger partial charge in [0.15, 0.2) is 17.9 Å². The molecular formula is C15H12FN7. The minimum Gasteiger partial charge on any atom is -0.370 e. The fourth-order valence-corrected chi connectivity index (χ4v) is 2.39. The number of hydrogen-bond donors (Lipinski definition) is 2. The van der Waals surface area contributed by atoms with Gasteiger partial charge in [-0.1, -0.05) is 12.1 Å². The summed E-state index contributed by atoms with van der Waals surface area (Å²) in [6.45, 7) is 0. The molecule has 3 aromatic rings. The van der Waals surface area contributed by atoms with Crippen LogP contribution in [0.5, 0.6) is 0 Å². The van der Waals surface area contributed by atoms with Crippen molar-refractivity contribution >= 4 is 11.9 Å². The predicted octanol–water partition coefficient (Wildman–Crippen LogP) is 1.77. The third-order valence-electron chi connectivity index (χ3n) is 3.47. The average molecular weight is 309 g/mol. The van der Waals surface area contributed by atoms with Gasteiger partial charge < -0.3 is 5.73 Å². The van der Waals surface area contributed by atoms with E-state index in [4.69, 9.17) is 5.73 Å². The van der Waals surface area contributed by atoms with E-state index < -0.39 is 6.17 Å². The Labute approximate surface area is 130 Å². The quantitative estimate of drug-likeness (QED) is 0.752. The Kier molecular flexibility index (Phi) is 3.00. The monoisotopic (exact) mass is 309 g/mol. The molecule has 4 rings (SSSR count). The molecule has 3 heterocycles. The van der Waals surface area contributed by atoms with Crippen molar-refractivity contribution in [3.63, 3.8) is 0 Å². The maximum atomic E-state index is 13.1. The number of anilines is 1. The zero-order valence-corrected chi connectivity index (χ0v) is 11.9. The molecule has 23 heavy (non-hydrogen) atoms. The van der Waals surface area contributed by atoms with E-state index in [2.05, 4.69) is 25.4 Å². The van der Waals surface area contributed by atoms with E-state index in [0.29, 0.717) is 11.8 Å². The number of nitrogens with two attached hydrogens (primary N) is 1. The van der Waals surface area contributed by atoms with Gasteiger partial charge in [0.1, 0.15) is 5.82 Å². The van der Waals surface area contributed by atoms with E-state index in [1.165, 1.54) is 12.1 Å². The van der Waals surface area contributed by atoms with E-state index in [1.807, 2.05) is 12.1 Å². The van der Waals surface area contributed by atoms with Crippen LogP contribution in [0.3, 0.4) is 0 Å². The van der Waals surface area contributed by atoms with Gasteiger partial charge in [-0.3, -0.25) is 10.3 Å². The van der Waals surface area contributed by atoms with E-state index in [9.17, 15) is 4.39 Å².